The Labute approximate surface area is 165 Å². The summed E-state index contributed by atoms with van der Waals surface area (Å²) in [5.74, 6) is 0. The Hall–Kier alpha value is -0.810. The van der Waals surface area contributed by atoms with Crippen molar-refractivity contribution in [1.29, 1.82) is 0 Å². The van der Waals surface area contributed by atoms with Gasteiger partial charge in [-0.3, -0.25) is 4.90 Å². The number of carbonyl (C=O) groups is 1. The van der Waals surface area contributed by atoms with Crippen LogP contribution in [0.2, 0.25) is 0 Å². The largest absolute Gasteiger partial charge is 0.444 e. The fourth-order valence-corrected chi connectivity index (χ4v) is 4.48. The van der Waals surface area contributed by atoms with E-state index in [4.69, 9.17) is 9.47 Å². The van der Waals surface area contributed by atoms with Crippen LogP contribution < -0.4 is 0 Å². The van der Waals surface area contributed by atoms with Gasteiger partial charge in [0.25, 0.3) is 0 Å². The van der Waals surface area contributed by atoms with Gasteiger partial charge >= 0.3 is 6.09 Å². The Balaban J connectivity index is 1.78. The minimum atomic E-state index is -0.667. The van der Waals surface area contributed by atoms with Gasteiger partial charge in [-0.2, -0.15) is 0 Å². The molecule has 0 aromatic carbocycles. The van der Waals surface area contributed by atoms with E-state index in [-0.39, 0.29) is 18.2 Å². The number of nitrogens with zero attached hydrogens (tertiary/aromatic N) is 1. The normalized spacial score (nSPS) is 28.3. The molecule has 2 rings (SSSR count). The first kappa shape index (κ1) is 22.5. The summed E-state index contributed by atoms with van der Waals surface area (Å²) in [6.45, 7) is 8.90. The highest BCUT2D eigenvalue weighted by atomic mass is 16.6. The van der Waals surface area contributed by atoms with Crippen LogP contribution in [-0.2, 0) is 9.47 Å². The lowest BCUT2D eigenvalue weighted by Crippen LogP contribution is -2.64. The van der Waals surface area contributed by atoms with Crippen molar-refractivity contribution in [2.24, 2.45) is 0 Å². The van der Waals surface area contributed by atoms with Crippen molar-refractivity contribution in [3.8, 4) is 0 Å². The number of carbonyl (C=O) groups excluding carboxylic acids is 1. The molecule has 158 valence electrons. The van der Waals surface area contributed by atoms with E-state index in [1.807, 2.05) is 25.7 Å². The second-order valence-corrected chi connectivity index (χ2v) is 9.59. The highest BCUT2D eigenvalue weighted by Crippen LogP contribution is 2.38. The Kier molecular flexibility index (Phi) is 8.41. The lowest BCUT2D eigenvalue weighted by atomic mass is 9.78. The van der Waals surface area contributed by atoms with Gasteiger partial charge in [0.2, 0.25) is 0 Å². The van der Waals surface area contributed by atoms with Crippen molar-refractivity contribution in [2.75, 3.05) is 13.2 Å². The van der Waals surface area contributed by atoms with E-state index in [1.54, 1.807) is 0 Å². The maximum absolute atomic E-state index is 12.6. The molecule has 2 aliphatic heterocycles. The molecule has 5 nitrogen and oxygen atoms in total. The number of piperidine rings is 1. The van der Waals surface area contributed by atoms with Gasteiger partial charge in [0.15, 0.2) is 0 Å². The number of morpholine rings is 1. The van der Waals surface area contributed by atoms with Crippen molar-refractivity contribution in [1.82, 2.24) is 4.90 Å². The summed E-state index contributed by atoms with van der Waals surface area (Å²) < 4.78 is 11.3. The Morgan fingerprint density at radius 3 is 2.07 bits per heavy atom. The molecule has 0 saturated carbocycles. The van der Waals surface area contributed by atoms with Gasteiger partial charge < -0.3 is 14.6 Å². The monoisotopic (exact) mass is 383 g/mol. The van der Waals surface area contributed by atoms with Crippen molar-refractivity contribution in [3.05, 3.63) is 0 Å². The van der Waals surface area contributed by atoms with Crippen LogP contribution in [0.3, 0.4) is 0 Å². The van der Waals surface area contributed by atoms with Crippen LogP contribution in [0.4, 0.5) is 4.79 Å². The van der Waals surface area contributed by atoms with E-state index >= 15 is 0 Å². The van der Waals surface area contributed by atoms with Crippen LogP contribution in [-0.4, -0.2) is 52.6 Å². The quantitative estimate of drug-likeness (QED) is 0.566. The molecule has 2 bridgehead atoms. The van der Waals surface area contributed by atoms with E-state index in [0.717, 1.165) is 12.8 Å². The molecule has 27 heavy (non-hydrogen) atoms. The first-order valence-corrected chi connectivity index (χ1v) is 11.1. The zero-order valence-corrected chi connectivity index (χ0v) is 18.0. The number of aliphatic hydroxyl groups is 1. The molecule has 2 fully saturated rings. The van der Waals surface area contributed by atoms with Crippen molar-refractivity contribution >= 4 is 6.09 Å². The summed E-state index contributed by atoms with van der Waals surface area (Å²) in [6, 6.07) is -0.155. The highest BCUT2D eigenvalue weighted by molar-refractivity contribution is 5.69. The predicted octanol–water partition coefficient (Wildman–Crippen LogP) is 5.05. The summed E-state index contributed by atoms with van der Waals surface area (Å²) in [5, 5.41) is 11.1. The molecular formula is C22H41NO4. The van der Waals surface area contributed by atoms with Crippen LogP contribution >= 0.6 is 0 Å². The summed E-state index contributed by atoms with van der Waals surface area (Å²) in [7, 11) is 0. The molecule has 0 spiro atoms. The molecule has 2 unspecified atom stereocenters. The Morgan fingerprint density at radius 1 is 1.04 bits per heavy atom. The Morgan fingerprint density at radius 2 is 1.56 bits per heavy atom. The average Bonchev–Trinajstić information content (AvgIpc) is 2.55. The third kappa shape index (κ3) is 7.26. The van der Waals surface area contributed by atoms with Crippen LogP contribution in [0.25, 0.3) is 0 Å². The standard InChI is InChI=1S/C22H41NO4/c1-5-6-7-8-9-10-11-12-13-22(25)14-18-16-26-17-19(15-22)23(18)20(24)27-21(2,3)4/h18-19,25H,5-17H2,1-4H3. The van der Waals surface area contributed by atoms with E-state index in [9.17, 15) is 9.90 Å². The van der Waals surface area contributed by atoms with Gasteiger partial charge in [0, 0.05) is 0 Å². The minimum absolute atomic E-state index is 0.0774. The lowest BCUT2D eigenvalue weighted by molar-refractivity contribution is -0.140. The maximum atomic E-state index is 12.6. The second-order valence-electron chi connectivity index (χ2n) is 9.59. The topological polar surface area (TPSA) is 59.0 Å². The predicted molar refractivity (Wildman–Crippen MR) is 108 cm³/mol. The number of hydrogen-bond donors (Lipinski definition) is 1. The summed E-state index contributed by atoms with van der Waals surface area (Å²) in [6.07, 6.45) is 11.9. The molecule has 1 N–H and O–H groups in total. The fourth-order valence-electron chi connectivity index (χ4n) is 4.48. The molecule has 1 amide bonds. The van der Waals surface area contributed by atoms with Gasteiger partial charge in [0.05, 0.1) is 30.9 Å². The summed E-state index contributed by atoms with van der Waals surface area (Å²) in [5.41, 5.74) is -1.17. The smallest absolute Gasteiger partial charge is 0.410 e. The number of ether oxygens (including phenoxy) is 2. The van der Waals surface area contributed by atoms with Crippen LogP contribution in [0.1, 0.15) is 98.3 Å². The molecule has 5 heteroatoms. The molecule has 0 radical (unpaired) electrons. The summed E-state index contributed by atoms with van der Waals surface area (Å²) in [4.78, 5) is 14.4. The molecule has 2 atom stereocenters. The van der Waals surface area contributed by atoms with E-state index in [1.165, 1.54) is 44.9 Å². The maximum Gasteiger partial charge on any atom is 0.410 e. The molecular weight excluding hydrogens is 342 g/mol. The van der Waals surface area contributed by atoms with Crippen molar-refractivity contribution in [2.45, 2.75) is 122 Å². The Bertz CT molecular complexity index is 446. The number of fused-ring (bicyclic) bond motifs is 2. The number of hydrogen-bond acceptors (Lipinski definition) is 4. The van der Waals surface area contributed by atoms with Crippen LogP contribution in [0.15, 0.2) is 0 Å². The second kappa shape index (κ2) is 10.1. The molecule has 0 aromatic rings. The third-order valence-corrected chi connectivity index (χ3v) is 5.74. The minimum Gasteiger partial charge on any atom is -0.444 e. The molecule has 0 aliphatic carbocycles. The first-order chi connectivity index (χ1) is 12.7. The fraction of sp³-hybridized carbons (Fsp3) is 0.955. The van der Waals surface area contributed by atoms with Crippen LogP contribution in [0.5, 0.6) is 0 Å². The van der Waals surface area contributed by atoms with Crippen molar-refractivity contribution in [3.63, 3.8) is 0 Å². The zero-order valence-electron chi connectivity index (χ0n) is 18.0. The molecule has 2 heterocycles. The van der Waals surface area contributed by atoms with Gasteiger partial charge in [-0.05, 0) is 40.0 Å². The third-order valence-electron chi connectivity index (χ3n) is 5.74. The van der Waals surface area contributed by atoms with Gasteiger partial charge in [-0.1, -0.05) is 58.3 Å². The van der Waals surface area contributed by atoms with Crippen molar-refractivity contribution < 1.29 is 19.4 Å². The average molecular weight is 384 g/mol. The highest BCUT2D eigenvalue weighted by Gasteiger charge is 2.48. The van der Waals surface area contributed by atoms with Gasteiger partial charge in [-0.25, -0.2) is 4.79 Å². The number of unbranched alkanes of at least 4 members (excludes halogenated alkanes) is 7. The van der Waals surface area contributed by atoms with E-state index in [0.29, 0.717) is 26.1 Å². The zero-order chi connectivity index (χ0) is 19.9. The van der Waals surface area contributed by atoms with Crippen LogP contribution in [0, 0.1) is 0 Å². The summed E-state index contributed by atoms with van der Waals surface area (Å²) >= 11 is 0. The van der Waals surface area contributed by atoms with Gasteiger partial charge in [0.1, 0.15) is 5.60 Å². The lowest BCUT2D eigenvalue weighted by Gasteiger charge is -2.51. The SMILES string of the molecule is CCCCCCCCCCC1(O)CC2COCC(C1)N2C(=O)OC(C)(C)C. The molecule has 0 aromatic heterocycles. The first-order valence-electron chi connectivity index (χ1n) is 11.1. The number of amides is 1. The van der Waals surface area contributed by atoms with Gasteiger partial charge in [-0.15, -0.1) is 0 Å². The van der Waals surface area contributed by atoms with E-state index < -0.39 is 11.2 Å². The molecule has 2 aliphatic rings. The number of rotatable bonds is 9. The van der Waals surface area contributed by atoms with E-state index in [2.05, 4.69) is 6.92 Å². The molecule has 2 saturated heterocycles.